The van der Waals surface area contributed by atoms with E-state index in [1.807, 2.05) is 39.1 Å². The number of rotatable bonds is 6. The first-order valence-corrected chi connectivity index (χ1v) is 8.39. The highest BCUT2D eigenvalue weighted by Gasteiger charge is 2.16. The lowest BCUT2D eigenvalue weighted by Crippen LogP contribution is -2.27. The van der Waals surface area contributed by atoms with E-state index in [9.17, 15) is 4.79 Å². The van der Waals surface area contributed by atoms with E-state index in [1.54, 1.807) is 39.8 Å². The smallest absolute Gasteiger partial charge is 0.274 e. The van der Waals surface area contributed by atoms with Crippen molar-refractivity contribution in [2.24, 2.45) is 7.05 Å². The third-order valence-corrected chi connectivity index (χ3v) is 4.09. The molecule has 2 aromatic heterocycles. The molecule has 0 N–H and O–H groups in total. The van der Waals surface area contributed by atoms with Crippen molar-refractivity contribution in [1.82, 2.24) is 24.5 Å². The summed E-state index contributed by atoms with van der Waals surface area (Å²) < 4.78 is 9.14. The van der Waals surface area contributed by atoms with Crippen molar-refractivity contribution in [3.8, 4) is 5.75 Å². The van der Waals surface area contributed by atoms with E-state index in [-0.39, 0.29) is 12.6 Å². The molecule has 0 atom stereocenters. The Bertz CT molecular complexity index is 892. The average Bonchev–Trinajstić information content (AvgIpc) is 3.21. The van der Waals surface area contributed by atoms with E-state index in [2.05, 4.69) is 16.3 Å². The lowest BCUT2D eigenvalue weighted by Gasteiger charge is -2.15. The Hall–Kier alpha value is -3.09. The molecule has 2 heterocycles. The zero-order chi connectivity index (χ0) is 18.7. The van der Waals surface area contributed by atoms with Crippen LogP contribution in [-0.2, 0) is 20.3 Å². The summed E-state index contributed by atoms with van der Waals surface area (Å²) in [4.78, 5) is 14.2. The molecular formula is C19H23N5O2. The fourth-order valence-corrected chi connectivity index (χ4v) is 2.77. The molecule has 0 saturated carbocycles. The molecule has 3 rings (SSSR count). The van der Waals surface area contributed by atoms with Gasteiger partial charge in [-0.1, -0.05) is 6.07 Å². The van der Waals surface area contributed by atoms with Crippen molar-refractivity contribution < 1.29 is 9.53 Å². The van der Waals surface area contributed by atoms with Crippen molar-refractivity contribution in [2.45, 2.75) is 27.1 Å². The fourth-order valence-electron chi connectivity index (χ4n) is 2.77. The van der Waals surface area contributed by atoms with Crippen LogP contribution in [0.3, 0.4) is 0 Å². The van der Waals surface area contributed by atoms with Gasteiger partial charge in [0.2, 0.25) is 0 Å². The van der Waals surface area contributed by atoms with Crippen LogP contribution in [0.4, 0.5) is 0 Å². The van der Waals surface area contributed by atoms with Crippen LogP contribution in [0, 0.1) is 13.8 Å². The first-order chi connectivity index (χ1) is 12.4. The molecule has 0 aliphatic carbocycles. The maximum absolute atomic E-state index is 12.5. The lowest BCUT2D eigenvalue weighted by atomic mass is 10.1. The van der Waals surface area contributed by atoms with Gasteiger partial charge in [0.05, 0.1) is 12.2 Å². The van der Waals surface area contributed by atoms with Crippen LogP contribution in [-0.4, -0.2) is 37.4 Å². The summed E-state index contributed by atoms with van der Waals surface area (Å²) >= 11 is 0. The van der Waals surface area contributed by atoms with Crippen LogP contribution in [0.1, 0.15) is 27.3 Å². The number of carbonyl (C=O) groups is 1. The van der Waals surface area contributed by atoms with Gasteiger partial charge < -0.3 is 9.64 Å². The van der Waals surface area contributed by atoms with Crippen molar-refractivity contribution in [1.29, 1.82) is 0 Å². The van der Waals surface area contributed by atoms with Gasteiger partial charge in [0, 0.05) is 26.5 Å². The molecule has 1 amide bonds. The molecule has 7 nitrogen and oxygen atoms in total. The van der Waals surface area contributed by atoms with E-state index < -0.39 is 0 Å². The second kappa shape index (κ2) is 7.43. The Labute approximate surface area is 152 Å². The molecule has 0 radical (unpaired) electrons. The third-order valence-electron chi connectivity index (χ3n) is 4.09. The molecule has 0 bridgehead atoms. The first-order valence-electron chi connectivity index (χ1n) is 8.39. The van der Waals surface area contributed by atoms with Crippen LogP contribution >= 0.6 is 0 Å². The molecule has 1 aromatic carbocycles. The highest BCUT2D eigenvalue weighted by atomic mass is 16.5. The predicted molar refractivity (Wildman–Crippen MR) is 97.8 cm³/mol. The number of carbonyl (C=O) groups excluding carboxylic acids is 1. The second-order valence-corrected chi connectivity index (χ2v) is 6.44. The molecule has 0 fully saturated rings. The number of ether oxygens (including phenoxy) is 1. The van der Waals surface area contributed by atoms with Gasteiger partial charge in [-0.2, -0.15) is 10.2 Å². The molecule has 7 heteroatoms. The van der Waals surface area contributed by atoms with Gasteiger partial charge in [-0.3, -0.25) is 9.48 Å². The first kappa shape index (κ1) is 17.7. The Morgan fingerprint density at radius 2 is 1.92 bits per heavy atom. The highest BCUT2D eigenvalue weighted by Crippen LogP contribution is 2.16. The van der Waals surface area contributed by atoms with E-state index in [0.29, 0.717) is 12.2 Å². The predicted octanol–water partition coefficient (Wildman–Crippen LogP) is 2.54. The summed E-state index contributed by atoms with van der Waals surface area (Å²) in [5.41, 5.74) is 3.64. The van der Waals surface area contributed by atoms with Gasteiger partial charge in [-0.25, -0.2) is 4.68 Å². The summed E-state index contributed by atoms with van der Waals surface area (Å²) in [7, 11) is 3.60. The molecule has 0 aliphatic heterocycles. The van der Waals surface area contributed by atoms with Gasteiger partial charge in [0.15, 0.2) is 12.4 Å². The lowest BCUT2D eigenvalue weighted by molar-refractivity contribution is 0.0774. The molecule has 0 unspecified atom stereocenters. The fraction of sp³-hybridized carbons (Fsp3) is 0.316. The number of benzene rings is 1. The number of hydrogen-bond acceptors (Lipinski definition) is 4. The van der Waals surface area contributed by atoms with Gasteiger partial charge in [-0.05, 0) is 49.2 Å². The normalized spacial score (nSPS) is 10.8. The monoisotopic (exact) mass is 353 g/mol. The molecule has 26 heavy (non-hydrogen) atoms. The second-order valence-electron chi connectivity index (χ2n) is 6.44. The van der Waals surface area contributed by atoms with E-state index >= 15 is 0 Å². The minimum Gasteiger partial charge on any atom is -0.471 e. The largest absolute Gasteiger partial charge is 0.471 e. The molecule has 136 valence electrons. The number of amides is 1. The minimum absolute atomic E-state index is 0.142. The van der Waals surface area contributed by atoms with E-state index in [0.717, 1.165) is 22.6 Å². The quantitative estimate of drug-likeness (QED) is 0.683. The Morgan fingerprint density at radius 3 is 2.58 bits per heavy atom. The van der Waals surface area contributed by atoms with Gasteiger partial charge >= 0.3 is 0 Å². The Kier molecular flexibility index (Phi) is 5.06. The number of hydrogen-bond donors (Lipinski definition) is 0. The van der Waals surface area contributed by atoms with Crippen LogP contribution < -0.4 is 4.74 Å². The zero-order valence-electron chi connectivity index (χ0n) is 15.5. The average molecular weight is 353 g/mol. The van der Waals surface area contributed by atoms with E-state index in [4.69, 9.17) is 4.74 Å². The molecule has 0 aliphatic rings. The SMILES string of the molecule is Cc1cc(C)cc(OCn2ccc(C(=O)N(C)Cc3ccnn3C)n2)c1. The highest BCUT2D eigenvalue weighted by molar-refractivity contribution is 5.91. The molecular weight excluding hydrogens is 330 g/mol. The Morgan fingerprint density at radius 1 is 1.19 bits per heavy atom. The van der Waals surface area contributed by atoms with Gasteiger partial charge in [-0.15, -0.1) is 0 Å². The zero-order valence-corrected chi connectivity index (χ0v) is 15.5. The third kappa shape index (κ3) is 4.11. The topological polar surface area (TPSA) is 65.2 Å². The van der Waals surface area contributed by atoms with Crippen LogP contribution in [0.5, 0.6) is 5.75 Å². The maximum Gasteiger partial charge on any atom is 0.274 e. The van der Waals surface area contributed by atoms with Gasteiger partial charge in [0.25, 0.3) is 5.91 Å². The summed E-state index contributed by atoms with van der Waals surface area (Å²) in [6, 6.07) is 9.64. The molecule has 3 aromatic rings. The van der Waals surface area contributed by atoms with E-state index in [1.165, 1.54) is 0 Å². The summed E-state index contributed by atoms with van der Waals surface area (Å²) in [5.74, 6) is 0.649. The van der Waals surface area contributed by atoms with Crippen LogP contribution in [0.15, 0.2) is 42.7 Å². The Balaban J connectivity index is 1.61. The molecule has 0 saturated heterocycles. The van der Waals surface area contributed by atoms with Crippen molar-refractivity contribution >= 4 is 5.91 Å². The van der Waals surface area contributed by atoms with Crippen LogP contribution in [0.25, 0.3) is 0 Å². The van der Waals surface area contributed by atoms with Crippen molar-refractivity contribution in [3.63, 3.8) is 0 Å². The van der Waals surface area contributed by atoms with Crippen LogP contribution in [0.2, 0.25) is 0 Å². The number of nitrogens with zero attached hydrogens (tertiary/aromatic N) is 5. The summed E-state index contributed by atoms with van der Waals surface area (Å²) in [6.07, 6.45) is 3.46. The maximum atomic E-state index is 12.5. The van der Waals surface area contributed by atoms with Crippen molar-refractivity contribution in [3.05, 3.63) is 65.2 Å². The van der Waals surface area contributed by atoms with Crippen molar-refractivity contribution in [2.75, 3.05) is 7.05 Å². The minimum atomic E-state index is -0.142. The number of aryl methyl sites for hydroxylation is 3. The summed E-state index contributed by atoms with van der Waals surface area (Å²) in [5, 5.41) is 8.43. The molecule has 0 spiro atoms. The summed E-state index contributed by atoms with van der Waals surface area (Å²) in [6.45, 7) is 4.79. The van der Waals surface area contributed by atoms with Gasteiger partial charge in [0.1, 0.15) is 5.75 Å². The number of aromatic nitrogens is 4. The standard InChI is InChI=1S/C19H23N5O2/c1-14-9-15(2)11-17(10-14)26-13-24-8-6-18(21-24)19(25)22(3)12-16-5-7-20-23(16)4/h5-11H,12-13H2,1-4H3.